The van der Waals surface area contributed by atoms with Crippen molar-refractivity contribution >= 4 is 23.6 Å². The molecule has 252 valence electrons. The lowest BCUT2D eigenvalue weighted by atomic mass is 10.4. The maximum atomic E-state index is 11.8. The van der Waals surface area contributed by atoms with Gasteiger partial charge in [0.1, 0.15) is 0 Å². The van der Waals surface area contributed by atoms with Gasteiger partial charge in [-0.25, -0.2) is 0 Å². The predicted molar refractivity (Wildman–Crippen MR) is 154 cm³/mol. The summed E-state index contributed by atoms with van der Waals surface area (Å²) in [5, 5.41) is 12.3. The molecule has 17 heteroatoms. The highest BCUT2D eigenvalue weighted by Gasteiger charge is 2.08. The van der Waals surface area contributed by atoms with Gasteiger partial charge in [-0.05, 0) is 7.05 Å². The van der Waals surface area contributed by atoms with Crippen LogP contribution in [0.15, 0.2) is 0 Å². The van der Waals surface area contributed by atoms with E-state index in [0.717, 1.165) is 0 Å². The van der Waals surface area contributed by atoms with Gasteiger partial charge in [0, 0.05) is 13.7 Å². The van der Waals surface area contributed by atoms with Gasteiger partial charge in [-0.2, -0.15) is 0 Å². The van der Waals surface area contributed by atoms with Gasteiger partial charge in [-0.3, -0.25) is 19.2 Å². The van der Waals surface area contributed by atoms with E-state index in [2.05, 4.69) is 26.6 Å². The summed E-state index contributed by atoms with van der Waals surface area (Å²) in [5.74, 6) is -1.79. The van der Waals surface area contributed by atoms with E-state index >= 15 is 0 Å². The first-order chi connectivity index (χ1) is 21.0. The number of hydrogen-bond donors (Lipinski definition) is 5. The van der Waals surface area contributed by atoms with Crippen LogP contribution in [-0.4, -0.2) is 170 Å². The fourth-order valence-electron chi connectivity index (χ4n) is 2.77. The van der Waals surface area contributed by atoms with Crippen molar-refractivity contribution in [1.29, 1.82) is 0 Å². The Kier molecular flexibility index (Phi) is 30.6. The zero-order chi connectivity index (χ0) is 31.6. The molecule has 0 unspecified atom stereocenters. The Hall–Kier alpha value is -2.48. The van der Waals surface area contributed by atoms with Crippen LogP contribution >= 0.6 is 0 Å². The first-order valence-corrected chi connectivity index (χ1v) is 14.2. The Labute approximate surface area is 253 Å². The fraction of sp³-hybridized carbons (Fsp3) is 0.846. The van der Waals surface area contributed by atoms with E-state index in [1.807, 2.05) is 0 Å². The summed E-state index contributed by atoms with van der Waals surface area (Å²) in [5.41, 5.74) is 0. The Balaban J connectivity index is 3.31. The smallest absolute Gasteiger partial charge is 0.239 e. The van der Waals surface area contributed by atoms with Crippen LogP contribution in [0.5, 0.6) is 0 Å². The van der Waals surface area contributed by atoms with E-state index < -0.39 is 17.7 Å². The van der Waals surface area contributed by atoms with E-state index in [4.69, 9.17) is 37.9 Å². The van der Waals surface area contributed by atoms with Crippen LogP contribution in [0.4, 0.5) is 0 Å². The summed E-state index contributed by atoms with van der Waals surface area (Å²) in [6.45, 7) is 6.54. The molecule has 43 heavy (non-hydrogen) atoms. The van der Waals surface area contributed by atoms with Crippen molar-refractivity contribution in [3.63, 3.8) is 0 Å². The molecule has 0 saturated heterocycles. The van der Waals surface area contributed by atoms with Crippen molar-refractivity contribution in [3.8, 4) is 0 Å². The second-order valence-corrected chi connectivity index (χ2v) is 8.49. The number of nitrogens with one attached hydrogen (secondary N) is 5. The van der Waals surface area contributed by atoms with Gasteiger partial charge in [0.25, 0.3) is 0 Å². The van der Waals surface area contributed by atoms with E-state index in [-0.39, 0.29) is 45.2 Å². The van der Waals surface area contributed by atoms with E-state index in [1.165, 1.54) is 0 Å². The summed E-state index contributed by atoms with van der Waals surface area (Å²) < 4.78 is 42.5. The highest BCUT2D eigenvalue weighted by molar-refractivity contribution is 5.90. The van der Waals surface area contributed by atoms with Crippen molar-refractivity contribution in [2.24, 2.45) is 0 Å². The normalized spacial score (nSPS) is 10.8. The van der Waals surface area contributed by atoms with Gasteiger partial charge >= 0.3 is 0 Å². The number of ether oxygens (including phenoxy) is 8. The van der Waals surface area contributed by atoms with Crippen LogP contribution in [-0.2, 0) is 57.1 Å². The first kappa shape index (κ1) is 40.5. The number of amides is 4. The van der Waals surface area contributed by atoms with Crippen molar-refractivity contribution in [2.45, 2.75) is 0 Å². The third-order valence-corrected chi connectivity index (χ3v) is 4.91. The molecule has 0 rings (SSSR count). The van der Waals surface area contributed by atoms with E-state index in [0.29, 0.717) is 92.5 Å². The van der Waals surface area contributed by atoms with Crippen LogP contribution in [0.3, 0.4) is 0 Å². The first-order valence-electron chi connectivity index (χ1n) is 14.2. The Bertz CT molecular complexity index is 705. The lowest BCUT2D eigenvalue weighted by Gasteiger charge is -2.09. The molecule has 0 spiro atoms. The fourth-order valence-corrected chi connectivity index (χ4v) is 2.77. The summed E-state index contributed by atoms with van der Waals surface area (Å²) in [6, 6.07) is 0. The van der Waals surface area contributed by atoms with Gasteiger partial charge in [0.15, 0.2) is 0 Å². The average Bonchev–Trinajstić information content (AvgIpc) is 3.00. The molecule has 0 aromatic heterocycles. The maximum absolute atomic E-state index is 11.8. The largest absolute Gasteiger partial charge is 0.382 e. The highest BCUT2D eigenvalue weighted by Crippen LogP contribution is 1.85. The molecule has 0 aromatic carbocycles. The average molecular weight is 626 g/mol. The molecule has 0 atom stereocenters. The third kappa shape index (κ3) is 32.3. The van der Waals surface area contributed by atoms with Crippen molar-refractivity contribution in [3.05, 3.63) is 0 Å². The number of rotatable bonds is 32. The number of likely N-dealkylation sites (N-methyl/N-ethyl adjacent to an activating group) is 1. The predicted octanol–water partition coefficient (Wildman–Crippen LogP) is -3.57. The van der Waals surface area contributed by atoms with Crippen LogP contribution < -0.4 is 26.6 Å². The third-order valence-electron chi connectivity index (χ3n) is 4.91. The number of carbonyl (C=O) groups excluding carboxylic acids is 4. The highest BCUT2D eigenvalue weighted by atomic mass is 16.6. The number of methoxy groups -OCH3 is 1. The Morgan fingerprint density at radius 1 is 0.395 bits per heavy atom. The standard InChI is InChI=1S/C26H51N5O12/c1-27-19-23(32)29-21-25(34)31-22-26(35)30-20-24(33)28-3-4-37-7-8-39-11-12-41-15-16-43-18-17-42-14-13-40-10-9-38-6-5-36-2/h27H,3-22H2,1-2H3,(H,28,33)(H,29,32)(H,30,35)(H,31,34). The van der Waals surface area contributed by atoms with Gasteiger partial charge in [-0.15, -0.1) is 0 Å². The van der Waals surface area contributed by atoms with Gasteiger partial charge in [-0.1, -0.05) is 0 Å². The minimum atomic E-state index is -0.533. The van der Waals surface area contributed by atoms with Gasteiger partial charge in [0.05, 0.1) is 125 Å². The molecule has 0 aliphatic heterocycles. The van der Waals surface area contributed by atoms with Crippen molar-refractivity contribution < 1.29 is 57.1 Å². The molecule has 4 amide bonds. The zero-order valence-electron chi connectivity index (χ0n) is 25.5. The monoisotopic (exact) mass is 625 g/mol. The zero-order valence-corrected chi connectivity index (χ0v) is 25.5. The molecule has 0 radical (unpaired) electrons. The summed E-state index contributed by atoms with van der Waals surface area (Å²) in [4.78, 5) is 46.3. The molecule has 0 aliphatic rings. The molecule has 0 aromatic rings. The molecule has 0 aliphatic carbocycles. The minimum Gasteiger partial charge on any atom is -0.382 e. The number of hydrogen-bond acceptors (Lipinski definition) is 13. The van der Waals surface area contributed by atoms with Gasteiger partial charge < -0.3 is 64.5 Å². The lowest BCUT2D eigenvalue weighted by Crippen LogP contribution is -2.45. The van der Waals surface area contributed by atoms with Gasteiger partial charge in [0.2, 0.25) is 23.6 Å². The second-order valence-electron chi connectivity index (χ2n) is 8.49. The van der Waals surface area contributed by atoms with Crippen molar-refractivity contribution in [1.82, 2.24) is 26.6 Å². The molecule has 0 heterocycles. The summed E-state index contributed by atoms with van der Waals surface area (Å²) in [7, 11) is 3.23. The minimum absolute atomic E-state index is 0.0822. The summed E-state index contributed by atoms with van der Waals surface area (Å²) >= 11 is 0. The molecule has 17 nitrogen and oxygen atoms in total. The lowest BCUT2D eigenvalue weighted by molar-refractivity contribution is -0.128. The topological polar surface area (TPSA) is 202 Å². The van der Waals surface area contributed by atoms with Crippen LogP contribution in [0, 0.1) is 0 Å². The second kappa shape index (κ2) is 32.4. The van der Waals surface area contributed by atoms with E-state index in [9.17, 15) is 19.2 Å². The summed E-state index contributed by atoms with van der Waals surface area (Å²) in [6.07, 6.45) is 0. The molecular formula is C26H51N5O12. The van der Waals surface area contributed by atoms with Crippen LogP contribution in [0.1, 0.15) is 0 Å². The Morgan fingerprint density at radius 2 is 0.674 bits per heavy atom. The maximum Gasteiger partial charge on any atom is 0.239 e. The van der Waals surface area contributed by atoms with Crippen LogP contribution in [0.2, 0.25) is 0 Å². The van der Waals surface area contributed by atoms with E-state index in [1.54, 1.807) is 14.2 Å². The van der Waals surface area contributed by atoms with Crippen molar-refractivity contribution in [2.75, 3.05) is 146 Å². The molecule has 0 fully saturated rings. The van der Waals surface area contributed by atoms with Crippen LogP contribution in [0.25, 0.3) is 0 Å². The quantitative estimate of drug-likeness (QED) is 0.0460. The Morgan fingerprint density at radius 3 is 1.00 bits per heavy atom. The molecular weight excluding hydrogens is 574 g/mol. The molecule has 0 bridgehead atoms. The number of carbonyl (C=O) groups is 4. The molecule has 0 saturated carbocycles. The SMILES string of the molecule is CNCC(=O)NCC(=O)NCC(=O)NCC(=O)NCCOCCOCCOCCOCCOCCOCCOCCOC. The molecule has 5 N–H and O–H groups in total.